The van der Waals surface area contributed by atoms with Crippen molar-refractivity contribution in [1.82, 2.24) is 0 Å². The highest BCUT2D eigenvalue weighted by molar-refractivity contribution is 5.71. The highest BCUT2D eigenvalue weighted by atomic mass is 16.6. The van der Waals surface area contributed by atoms with Crippen molar-refractivity contribution in [2.75, 3.05) is 13.2 Å². The molecule has 0 N–H and O–H groups in total. The van der Waals surface area contributed by atoms with Crippen LogP contribution in [0.1, 0.15) is 181 Å². The molecule has 6 nitrogen and oxygen atoms in total. The Morgan fingerprint density at radius 1 is 0.328 bits per heavy atom. The van der Waals surface area contributed by atoms with E-state index in [2.05, 4.69) is 130 Å². The number of esters is 3. The largest absolute Gasteiger partial charge is 0.462 e. The average molecular weight is 881 g/mol. The van der Waals surface area contributed by atoms with Crippen LogP contribution in [0.3, 0.4) is 0 Å². The fraction of sp³-hybridized carbons (Fsp3) is 0.534. The molecule has 0 heterocycles. The first-order chi connectivity index (χ1) is 31.5. The van der Waals surface area contributed by atoms with Gasteiger partial charge in [-0.1, -0.05) is 199 Å². The fourth-order valence-electron chi connectivity index (χ4n) is 6.03. The van der Waals surface area contributed by atoms with E-state index in [1.807, 2.05) is 36.5 Å². The van der Waals surface area contributed by atoms with Gasteiger partial charge in [-0.25, -0.2) is 0 Å². The molecule has 64 heavy (non-hydrogen) atoms. The zero-order valence-corrected chi connectivity index (χ0v) is 40.5. The zero-order chi connectivity index (χ0) is 46.5. The predicted octanol–water partition coefficient (Wildman–Crippen LogP) is 16.5. The summed E-state index contributed by atoms with van der Waals surface area (Å²) >= 11 is 0. The molecule has 0 fully saturated rings. The number of hydrogen-bond acceptors (Lipinski definition) is 6. The predicted molar refractivity (Wildman–Crippen MR) is 274 cm³/mol. The molecule has 0 aliphatic heterocycles. The number of hydrogen-bond donors (Lipinski definition) is 0. The van der Waals surface area contributed by atoms with Gasteiger partial charge in [0.2, 0.25) is 0 Å². The summed E-state index contributed by atoms with van der Waals surface area (Å²) in [6, 6.07) is 0. The first kappa shape index (κ1) is 59.3. The molecule has 0 amide bonds. The van der Waals surface area contributed by atoms with E-state index in [0.29, 0.717) is 12.8 Å². The highest BCUT2D eigenvalue weighted by Gasteiger charge is 2.19. The minimum Gasteiger partial charge on any atom is -0.462 e. The van der Waals surface area contributed by atoms with Gasteiger partial charge >= 0.3 is 17.9 Å². The minimum absolute atomic E-state index is 0.128. The Morgan fingerprint density at radius 2 is 0.656 bits per heavy atom. The quantitative estimate of drug-likeness (QED) is 0.0200. The van der Waals surface area contributed by atoms with Gasteiger partial charge in [0, 0.05) is 19.3 Å². The van der Waals surface area contributed by atoms with Gasteiger partial charge in [0.05, 0.1) is 0 Å². The maximum atomic E-state index is 12.8. The topological polar surface area (TPSA) is 78.9 Å². The van der Waals surface area contributed by atoms with E-state index in [-0.39, 0.29) is 44.0 Å². The Hall–Kier alpha value is -4.71. The van der Waals surface area contributed by atoms with Crippen molar-refractivity contribution < 1.29 is 28.6 Å². The second kappa shape index (κ2) is 50.9. The molecule has 0 bridgehead atoms. The molecule has 0 spiro atoms. The van der Waals surface area contributed by atoms with Crippen molar-refractivity contribution in [3.8, 4) is 0 Å². The van der Waals surface area contributed by atoms with E-state index in [4.69, 9.17) is 14.2 Å². The third-order valence-electron chi connectivity index (χ3n) is 9.66. The molecule has 0 saturated heterocycles. The van der Waals surface area contributed by atoms with E-state index < -0.39 is 6.10 Å². The lowest BCUT2D eigenvalue weighted by Gasteiger charge is -2.18. The van der Waals surface area contributed by atoms with Crippen LogP contribution in [0.25, 0.3) is 0 Å². The number of allylic oxidation sites excluding steroid dienone is 24. The third-order valence-corrected chi connectivity index (χ3v) is 9.66. The first-order valence-corrected chi connectivity index (χ1v) is 24.9. The van der Waals surface area contributed by atoms with Crippen LogP contribution in [0, 0.1) is 0 Å². The summed E-state index contributed by atoms with van der Waals surface area (Å²) in [5.74, 6) is -1.05. The van der Waals surface area contributed by atoms with E-state index >= 15 is 0 Å². The van der Waals surface area contributed by atoms with Gasteiger partial charge in [-0.3, -0.25) is 14.4 Å². The summed E-state index contributed by atoms with van der Waals surface area (Å²) in [5.41, 5.74) is 0. The number of carbonyl (C=O) groups excluding carboxylic acids is 3. The third kappa shape index (κ3) is 48.3. The Balaban J connectivity index is 4.59. The van der Waals surface area contributed by atoms with Crippen molar-refractivity contribution >= 4 is 17.9 Å². The standard InChI is InChI=1S/C58H88O6/c1-4-7-10-13-16-19-22-25-27-29-31-33-36-39-42-45-48-51-57(60)63-54-55(53-62-56(59)50-47-44-41-38-35-32-24-21-18-15-12-9-6-3)64-58(61)52-49-46-43-40-37-34-30-28-26-23-20-17-14-11-8-5-2/h7-12,15-21,24-28,31-33,35,39,42,55H,4-6,13-14,22-23,29-30,34,36-38,40-41,43-54H2,1-3H3/b10-7-,11-8-,12-9-,18-15-,19-16-,20-17-,24-21-,27-25-,28-26-,33-31-,35-32-,42-39-. The maximum absolute atomic E-state index is 12.8. The molecule has 0 saturated carbocycles. The second-order valence-electron chi connectivity index (χ2n) is 15.7. The number of rotatable bonds is 42. The van der Waals surface area contributed by atoms with Crippen LogP contribution < -0.4 is 0 Å². The van der Waals surface area contributed by atoms with Gasteiger partial charge in [-0.2, -0.15) is 0 Å². The monoisotopic (exact) mass is 881 g/mol. The summed E-state index contributed by atoms with van der Waals surface area (Å²) in [6.07, 6.45) is 72.6. The van der Waals surface area contributed by atoms with Gasteiger partial charge in [-0.05, 0) is 109 Å². The Bertz CT molecular complexity index is 1480. The van der Waals surface area contributed by atoms with Crippen molar-refractivity contribution in [3.05, 3.63) is 146 Å². The normalized spacial score (nSPS) is 13.4. The molecule has 0 aromatic rings. The van der Waals surface area contributed by atoms with Crippen molar-refractivity contribution in [2.45, 2.75) is 187 Å². The number of carbonyl (C=O) groups is 3. The molecule has 0 radical (unpaired) electrons. The molecule has 0 aromatic heterocycles. The second-order valence-corrected chi connectivity index (χ2v) is 15.7. The SMILES string of the molecule is CC\C=C/C=C\C=C/C=C\CCCCCC(=O)OCC(COC(=O)CCC/C=C\C/C=C\C/C=C\C/C=C\C/C=C\CC)OC(=O)CCCCCCCC/C=C\C/C=C\C/C=C\CC. The summed E-state index contributed by atoms with van der Waals surface area (Å²) in [7, 11) is 0. The van der Waals surface area contributed by atoms with Crippen LogP contribution >= 0.6 is 0 Å². The van der Waals surface area contributed by atoms with Gasteiger partial charge in [0.1, 0.15) is 13.2 Å². The summed E-state index contributed by atoms with van der Waals surface area (Å²) in [6.45, 7) is 6.14. The molecule has 356 valence electrons. The minimum atomic E-state index is -0.830. The van der Waals surface area contributed by atoms with E-state index in [0.717, 1.165) is 122 Å². The molecular formula is C58H88O6. The van der Waals surface area contributed by atoms with Crippen molar-refractivity contribution in [1.29, 1.82) is 0 Å². The van der Waals surface area contributed by atoms with Crippen molar-refractivity contribution in [3.63, 3.8) is 0 Å². The molecule has 1 unspecified atom stereocenters. The van der Waals surface area contributed by atoms with Crippen LogP contribution in [-0.2, 0) is 28.6 Å². The summed E-state index contributed by atoms with van der Waals surface area (Å²) in [5, 5.41) is 0. The van der Waals surface area contributed by atoms with E-state index in [1.54, 1.807) is 0 Å². The lowest BCUT2D eigenvalue weighted by atomic mass is 10.1. The molecule has 1 atom stereocenters. The van der Waals surface area contributed by atoms with Gasteiger partial charge in [-0.15, -0.1) is 0 Å². The molecule has 0 rings (SSSR count). The van der Waals surface area contributed by atoms with Crippen LogP contribution in [0.5, 0.6) is 0 Å². The average Bonchev–Trinajstić information content (AvgIpc) is 3.29. The number of ether oxygens (including phenoxy) is 3. The summed E-state index contributed by atoms with van der Waals surface area (Å²) in [4.78, 5) is 37.9. The van der Waals surface area contributed by atoms with Gasteiger partial charge in [0.15, 0.2) is 6.10 Å². The molecule has 0 aromatic carbocycles. The molecular weight excluding hydrogens is 793 g/mol. The van der Waals surface area contributed by atoms with Crippen LogP contribution in [0.2, 0.25) is 0 Å². The zero-order valence-electron chi connectivity index (χ0n) is 40.5. The Kier molecular flexibility index (Phi) is 47.2. The van der Waals surface area contributed by atoms with Gasteiger partial charge in [0.25, 0.3) is 0 Å². The van der Waals surface area contributed by atoms with Crippen LogP contribution in [-0.4, -0.2) is 37.2 Å². The summed E-state index contributed by atoms with van der Waals surface area (Å²) < 4.78 is 16.7. The molecule has 6 heteroatoms. The maximum Gasteiger partial charge on any atom is 0.306 e. The first-order valence-electron chi connectivity index (χ1n) is 24.9. The smallest absolute Gasteiger partial charge is 0.306 e. The van der Waals surface area contributed by atoms with E-state index in [1.165, 1.54) is 12.8 Å². The molecule has 0 aliphatic carbocycles. The Morgan fingerprint density at radius 3 is 1.14 bits per heavy atom. The van der Waals surface area contributed by atoms with E-state index in [9.17, 15) is 14.4 Å². The molecule has 0 aliphatic rings. The van der Waals surface area contributed by atoms with Crippen molar-refractivity contribution in [2.24, 2.45) is 0 Å². The number of unbranched alkanes of at least 4 members (excludes halogenated alkanes) is 10. The lowest BCUT2D eigenvalue weighted by molar-refractivity contribution is -0.167. The van der Waals surface area contributed by atoms with Crippen LogP contribution in [0.15, 0.2) is 146 Å². The Labute approximate surface area is 391 Å². The lowest BCUT2D eigenvalue weighted by Crippen LogP contribution is -2.30. The van der Waals surface area contributed by atoms with Crippen LogP contribution in [0.4, 0.5) is 0 Å². The fourth-order valence-corrected chi connectivity index (χ4v) is 6.03. The highest BCUT2D eigenvalue weighted by Crippen LogP contribution is 2.12. The van der Waals surface area contributed by atoms with Gasteiger partial charge < -0.3 is 14.2 Å².